The molecule has 0 fully saturated rings. The fourth-order valence-electron chi connectivity index (χ4n) is 1.68. The van der Waals surface area contributed by atoms with Gasteiger partial charge in [-0.1, -0.05) is 29.4 Å². The van der Waals surface area contributed by atoms with Gasteiger partial charge >= 0.3 is 0 Å². The van der Waals surface area contributed by atoms with Crippen LogP contribution < -0.4 is 0 Å². The minimum Gasteiger partial charge on any atom is -0.508 e. The molecule has 0 heterocycles. The molecule has 2 aromatic carbocycles. The lowest BCUT2D eigenvalue weighted by atomic mass is 10.1. The summed E-state index contributed by atoms with van der Waals surface area (Å²) in [6, 6.07) is 10.1. The van der Waals surface area contributed by atoms with Crippen LogP contribution in [0, 0.1) is 0 Å². The molecule has 2 aromatic rings. The van der Waals surface area contributed by atoms with Gasteiger partial charge in [0.25, 0.3) is 10.1 Å². The van der Waals surface area contributed by atoms with Gasteiger partial charge in [-0.3, -0.25) is 4.55 Å². The van der Waals surface area contributed by atoms with Crippen LogP contribution in [0.2, 0.25) is 0 Å². The monoisotopic (exact) mass is 291 g/mol. The number of hydrogen-bond acceptors (Lipinski definition) is 4. The quantitative estimate of drug-likeness (QED) is 0.390. The fraction of sp³-hybridized carbons (Fsp3) is 0. The standard InChI is InChI=1S/C12H9N3O4S/c13-15-14-11-6-3-9(7-12(11)20(17,18)19)8-1-4-10(16)5-2-8/h1-7,16H,(H,17,18,19). The highest BCUT2D eigenvalue weighted by Gasteiger charge is 2.16. The number of rotatable bonds is 3. The van der Waals surface area contributed by atoms with E-state index in [1.165, 1.54) is 24.3 Å². The zero-order valence-corrected chi connectivity index (χ0v) is 10.8. The van der Waals surface area contributed by atoms with Crippen LogP contribution in [0.15, 0.2) is 52.5 Å². The van der Waals surface area contributed by atoms with E-state index in [1.54, 1.807) is 18.2 Å². The predicted molar refractivity (Wildman–Crippen MR) is 72.2 cm³/mol. The number of phenolic OH excluding ortho intramolecular Hbond substituents is 1. The van der Waals surface area contributed by atoms with Crippen molar-refractivity contribution in [3.05, 3.63) is 52.9 Å². The Kier molecular flexibility index (Phi) is 3.62. The minimum absolute atomic E-state index is 0.0782. The third kappa shape index (κ3) is 2.89. The van der Waals surface area contributed by atoms with Crippen molar-refractivity contribution in [3.8, 4) is 16.9 Å². The molecule has 8 heteroatoms. The molecular formula is C12H9N3O4S. The highest BCUT2D eigenvalue weighted by Crippen LogP contribution is 2.30. The van der Waals surface area contributed by atoms with Crippen molar-refractivity contribution in [2.24, 2.45) is 5.11 Å². The molecule has 0 atom stereocenters. The second kappa shape index (κ2) is 5.22. The van der Waals surface area contributed by atoms with E-state index in [0.717, 1.165) is 0 Å². The van der Waals surface area contributed by atoms with Gasteiger partial charge in [-0.05, 0) is 34.9 Å². The van der Waals surface area contributed by atoms with E-state index in [0.29, 0.717) is 11.1 Å². The Morgan fingerprint density at radius 1 is 1.05 bits per heavy atom. The van der Waals surface area contributed by atoms with Crippen LogP contribution in [-0.4, -0.2) is 18.1 Å². The summed E-state index contributed by atoms with van der Waals surface area (Å²) in [6.45, 7) is 0. The summed E-state index contributed by atoms with van der Waals surface area (Å²) in [5.74, 6) is 0.0782. The first-order chi connectivity index (χ1) is 9.41. The van der Waals surface area contributed by atoms with Crippen LogP contribution in [0.1, 0.15) is 0 Å². The maximum atomic E-state index is 11.3. The Labute approximate surface area is 114 Å². The number of hydrogen-bond donors (Lipinski definition) is 2. The van der Waals surface area contributed by atoms with E-state index in [2.05, 4.69) is 10.0 Å². The van der Waals surface area contributed by atoms with Crippen molar-refractivity contribution in [1.82, 2.24) is 0 Å². The lowest BCUT2D eigenvalue weighted by molar-refractivity contribution is 0.475. The highest BCUT2D eigenvalue weighted by atomic mass is 32.2. The van der Waals surface area contributed by atoms with Crippen LogP contribution in [0.25, 0.3) is 21.6 Å². The van der Waals surface area contributed by atoms with Crippen LogP contribution in [0.3, 0.4) is 0 Å². The summed E-state index contributed by atoms with van der Waals surface area (Å²) in [5.41, 5.74) is 9.33. The second-order valence-electron chi connectivity index (χ2n) is 3.89. The molecule has 0 bridgehead atoms. The summed E-state index contributed by atoms with van der Waals surface area (Å²) < 4.78 is 31.8. The van der Waals surface area contributed by atoms with Gasteiger partial charge in [0.2, 0.25) is 0 Å². The lowest BCUT2D eigenvalue weighted by Gasteiger charge is -2.06. The average molecular weight is 291 g/mol. The molecule has 0 unspecified atom stereocenters. The smallest absolute Gasteiger partial charge is 0.295 e. The molecule has 0 aliphatic rings. The van der Waals surface area contributed by atoms with Gasteiger partial charge in [0, 0.05) is 4.91 Å². The first-order valence-electron chi connectivity index (χ1n) is 5.38. The van der Waals surface area contributed by atoms with Gasteiger partial charge in [0.15, 0.2) is 0 Å². The number of benzene rings is 2. The molecule has 7 nitrogen and oxygen atoms in total. The Bertz CT molecular complexity index is 794. The highest BCUT2D eigenvalue weighted by molar-refractivity contribution is 7.86. The second-order valence-corrected chi connectivity index (χ2v) is 5.28. The Balaban J connectivity index is 2.63. The SMILES string of the molecule is [N-]=[N+]=Nc1ccc(-c2ccc(O)cc2)cc1S(=O)(=O)O. The van der Waals surface area contributed by atoms with Crippen molar-refractivity contribution >= 4 is 15.8 Å². The van der Waals surface area contributed by atoms with Crippen LogP contribution >= 0.6 is 0 Å². The van der Waals surface area contributed by atoms with Gasteiger partial charge in [0.05, 0.1) is 5.69 Å². The predicted octanol–water partition coefficient (Wildman–Crippen LogP) is 3.25. The topological polar surface area (TPSA) is 123 Å². The molecule has 0 aliphatic heterocycles. The van der Waals surface area contributed by atoms with Crippen molar-refractivity contribution in [2.75, 3.05) is 0 Å². The Morgan fingerprint density at radius 3 is 2.20 bits per heavy atom. The van der Waals surface area contributed by atoms with Gasteiger partial charge in [-0.25, -0.2) is 0 Å². The van der Waals surface area contributed by atoms with Crippen molar-refractivity contribution in [1.29, 1.82) is 0 Å². The van der Waals surface area contributed by atoms with Gasteiger partial charge in [-0.2, -0.15) is 8.42 Å². The van der Waals surface area contributed by atoms with E-state index < -0.39 is 15.0 Å². The number of azide groups is 1. The molecule has 102 valence electrons. The summed E-state index contributed by atoms with van der Waals surface area (Å²) in [6.07, 6.45) is 0. The van der Waals surface area contributed by atoms with E-state index in [4.69, 9.17) is 10.1 Å². The first-order valence-corrected chi connectivity index (χ1v) is 6.82. The molecule has 0 aliphatic carbocycles. The molecule has 2 N–H and O–H groups in total. The molecule has 0 aromatic heterocycles. The maximum Gasteiger partial charge on any atom is 0.295 e. The molecule has 0 spiro atoms. The summed E-state index contributed by atoms with van der Waals surface area (Å²) >= 11 is 0. The number of nitrogens with zero attached hydrogens (tertiary/aromatic N) is 3. The summed E-state index contributed by atoms with van der Waals surface area (Å²) in [4.78, 5) is 2.04. The molecular weight excluding hydrogens is 282 g/mol. The molecule has 20 heavy (non-hydrogen) atoms. The Hall–Kier alpha value is -2.54. The van der Waals surface area contributed by atoms with E-state index in [-0.39, 0.29) is 11.4 Å². The zero-order chi connectivity index (χ0) is 14.8. The maximum absolute atomic E-state index is 11.3. The molecule has 0 radical (unpaired) electrons. The molecule has 2 rings (SSSR count). The minimum atomic E-state index is -4.51. The Morgan fingerprint density at radius 2 is 1.65 bits per heavy atom. The van der Waals surface area contributed by atoms with E-state index in [9.17, 15) is 13.5 Å². The average Bonchev–Trinajstić information content (AvgIpc) is 2.39. The van der Waals surface area contributed by atoms with Crippen molar-refractivity contribution in [3.63, 3.8) is 0 Å². The summed E-state index contributed by atoms with van der Waals surface area (Å²) in [5, 5.41) is 12.4. The fourth-order valence-corrected chi connectivity index (χ4v) is 2.33. The van der Waals surface area contributed by atoms with E-state index in [1.807, 2.05) is 0 Å². The van der Waals surface area contributed by atoms with Crippen molar-refractivity contribution in [2.45, 2.75) is 4.90 Å². The normalized spacial score (nSPS) is 10.8. The third-order valence-corrected chi connectivity index (χ3v) is 3.47. The molecule has 0 amide bonds. The van der Waals surface area contributed by atoms with Crippen LogP contribution in [-0.2, 0) is 10.1 Å². The zero-order valence-electron chi connectivity index (χ0n) is 10.0. The van der Waals surface area contributed by atoms with Gasteiger partial charge in [0.1, 0.15) is 10.6 Å². The number of phenols is 1. The first kappa shape index (κ1) is 13.9. The lowest BCUT2D eigenvalue weighted by Crippen LogP contribution is -1.98. The van der Waals surface area contributed by atoms with Gasteiger partial charge in [-0.15, -0.1) is 0 Å². The van der Waals surface area contributed by atoms with Crippen LogP contribution in [0.5, 0.6) is 5.75 Å². The van der Waals surface area contributed by atoms with Crippen LogP contribution in [0.4, 0.5) is 5.69 Å². The van der Waals surface area contributed by atoms with Gasteiger partial charge < -0.3 is 5.11 Å². The largest absolute Gasteiger partial charge is 0.508 e. The summed E-state index contributed by atoms with van der Waals surface area (Å²) in [7, 11) is -4.51. The van der Waals surface area contributed by atoms with Crippen molar-refractivity contribution < 1.29 is 18.1 Å². The third-order valence-electron chi connectivity index (χ3n) is 2.59. The molecule has 0 saturated carbocycles. The molecule has 0 saturated heterocycles. The van der Waals surface area contributed by atoms with E-state index >= 15 is 0 Å². The number of aromatic hydroxyl groups is 1.